The minimum atomic E-state index is 0.0231. The van der Waals surface area contributed by atoms with Crippen molar-refractivity contribution in [1.82, 2.24) is 40.4 Å². The number of carbonyl (C=O) groups is 1. The van der Waals surface area contributed by atoms with Crippen molar-refractivity contribution in [3.63, 3.8) is 0 Å². The van der Waals surface area contributed by atoms with E-state index in [1.807, 2.05) is 36.4 Å². The maximum atomic E-state index is 12.7. The molecular weight excluding hydrogens is 502 g/mol. The van der Waals surface area contributed by atoms with E-state index in [0.29, 0.717) is 23.7 Å². The molecule has 0 bridgehead atoms. The van der Waals surface area contributed by atoms with Crippen molar-refractivity contribution >= 4 is 33.5 Å². The third-order valence-corrected chi connectivity index (χ3v) is 7.42. The highest BCUT2D eigenvalue weighted by Gasteiger charge is 2.18. The quantitative estimate of drug-likeness (QED) is 0.239. The van der Waals surface area contributed by atoms with Crippen molar-refractivity contribution < 1.29 is 4.79 Å². The van der Waals surface area contributed by atoms with Gasteiger partial charge in [-0.1, -0.05) is 6.07 Å². The number of carbonyl (C=O) groups excluding carboxylic acids is 1. The average Bonchev–Trinajstić information content (AvgIpc) is 3.62. The molecule has 0 radical (unpaired) electrons. The molecule has 1 amide bonds. The molecule has 1 saturated heterocycles. The van der Waals surface area contributed by atoms with E-state index in [2.05, 4.69) is 51.8 Å². The summed E-state index contributed by atoms with van der Waals surface area (Å²) in [7, 11) is 0. The zero-order valence-electron chi connectivity index (χ0n) is 21.7. The Morgan fingerprint density at radius 2 is 1.80 bits per heavy atom. The highest BCUT2D eigenvalue weighted by molar-refractivity contribution is 5.99. The molecular formula is C30H27N9O. The number of H-pyrrole nitrogens is 2. The van der Waals surface area contributed by atoms with Gasteiger partial charge in [0, 0.05) is 58.6 Å². The van der Waals surface area contributed by atoms with Crippen molar-refractivity contribution in [2.45, 2.75) is 19.3 Å². The van der Waals surface area contributed by atoms with Crippen molar-refractivity contribution in [1.29, 1.82) is 0 Å². The number of rotatable bonds is 6. The molecule has 1 aliphatic heterocycles. The topological polar surface area (TPSA) is 137 Å². The van der Waals surface area contributed by atoms with Gasteiger partial charge in [-0.25, -0.2) is 4.98 Å². The minimum Gasteiger partial charge on any atom is -0.353 e. The van der Waals surface area contributed by atoms with E-state index in [9.17, 15) is 4.79 Å². The maximum Gasteiger partial charge on any atom is 0.224 e. The van der Waals surface area contributed by atoms with E-state index in [1.165, 1.54) is 0 Å². The van der Waals surface area contributed by atoms with Gasteiger partial charge in [0.15, 0.2) is 5.65 Å². The van der Waals surface area contributed by atoms with Crippen molar-refractivity contribution in [3.05, 3.63) is 73.4 Å². The summed E-state index contributed by atoms with van der Waals surface area (Å²) in [5, 5.41) is 15.8. The highest BCUT2D eigenvalue weighted by Crippen LogP contribution is 2.33. The first-order chi connectivity index (χ1) is 19.7. The maximum absolute atomic E-state index is 12.7. The largest absolute Gasteiger partial charge is 0.353 e. The molecule has 1 aliphatic rings. The number of pyridine rings is 4. The van der Waals surface area contributed by atoms with Crippen molar-refractivity contribution in [2.75, 3.05) is 18.4 Å². The molecule has 6 aromatic heterocycles. The number of piperidine rings is 1. The summed E-state index contributed by atoms with van der Waals surface area (Å²) in [6.45, 7) is 1.95. The van der Waals surface area contributed by atoms with Crippen LogP contribution in [0.4, 0.5) is 5.69 Å². The lowest BCUT2D eigenvalue weighted by atomic mass is 9.94. The van der Waals surface area contributed by atoms with Gasteiger partial charge in [0.05, 0.1) is 29.0 Å². The fourth-order valence-electron chi connectivity index (χ4n) is 5.38. The van der Waals surface area contributed by atoms with Crippen LogP contribution in [0, 0.1) is 5.92 Å². The summed E-state index contributed by atoms with van der Waals surface area (Å²) in [4.78, 5) is 34.2. The molecule has 0 atom stereocenters. The zero-order valence-corrected chi connectivity index (χ0v) is 21.7. The standard InChI is InChI=1S/C30H27N9O/c40-27(11-18-4-8-31-9-5-18)36-21-12-19(15-32-17-21)20-13-23-29(38-39-30(23)35-16-20)26-14-22-24(37-26)6-10-34-28(22)25-3-1-2-7-33-25/h1-3,6-7,10,12-18,31,37H,4-5,8-9,11H2,(H,36,40)(H,35,38,39). The smallest absolute Gasteiger partial charge is 0.224 e. The van der Waals surface area contributed by atoms with E-state index < -0.39 is 0 Å². The summed E-state index contributed by atoms with van der Waals surface area (Å²) in [5.41, 5.74) is 7.27. The van der Waals surface area contributed by atoms with Crippen LogP contribution in [-0.4, -0.2) is 54.1 Å². The molecule has 0 aromatic carbocycles. The Hall–Kier alpha value is -4.96. The summed E-state index contributed by atoms with van der Waals surface area (Å²) in [6.07, 6.45) is 11.4. The van der Waals surface area contributed by atoms with Gasteiger partial charge in [0.1, 0.15) is 5.69 Å². The first-order valence-corrected chi connectivity index (χ1v) is 13.4. The SMILES string of the molecule is O=C(CC1CCNCC1)Nc1cncc(-c2cnc3[nH]nc(-c4cc5c(-c6ccccn6)nccc5[nH]4)c3c2)c1. The van der Waals surface area contributed by atoms with Gasteiger partial charge in [-0.05, 0) is 68.2 Å². The third-order valence-electron chi connectivity index (χ3n) is 7.42. The number of aromatic amines is 2. The molecule has 1 fully saturated rings. The van der Waals surface area contributed by atoms with Gasteiger partial charge in [-0.15, -0.1) is 0 Å². The fraction of sp³-hybridized carbons (Fsp3) is 0.200. The number of aromatic nitrogens is 7. The van der Waals surface area contributed by atoms with E-state index in [-0.39, 0.29) is 5.91 Å². The Morgan fingerprint density at radius 1 is 0.900 bits per heavy atom. The van der Waals surface area contributed by atoms with Crippen LogP contribution in [0.3, 0.4) is 0 Å². The Morgan fingerprint density at radius 3 is 2.67 bits per heavy atom. The number of nitrogens with zero attached hydrogens (tertiary/aromatic N) is 5. The predicted octanol–water partition coefficient (Wildman–Crippen LogP) is 4.95. The second-order valence-electron chi connectivity index (χ2n) is 10.1. The lowest BCUT2D eigenvalue weighted by Gasteiger charge is -2.21. The Balaban J connectivity index is 1.19. The Kier molecular flexibility index (Phi) is 6.21. The molecule has 10 heteroatoms. The van der Waals surface area contributed by atoms with E-state index in [1.54, 1.807) is 31.0 Å². The first kappa shape index (κ1) is 24.1. The highest BCUT2D eigenvalue weighted by atomic mass is 16.1. The molecule has 6 aromatic rings. The van der Waals surface area contributed by atoms with Crippen LogP contribution < -0.4 is 10.6 Å². The van der Waals surface area contributed by atoms with Crippen LogP contribution in [0.1, 0.15) is 19.3 Å². The number of fused-ring (bicyclic) bond motifs is 2. The van der Waals surface area contributed by atoms with Crippen LogP contribution in [0.25, 0.3) is 55.8 Å². The van der Waals surface area contributed by atoms with Crippen LogP contribution in [0.5, 0.6) is 0 Å². The van der Waals surface area contributed by atoms with E-state index >= 15 is 0 Å². The molecule has 7 heterocycles. The molecule has 198 valence electrons. The van der Waals surface area contributed by atoms with E-state index in [4.69, 9.17) is 0 Å². The van der Waals surface area contributed by atoms with Crippen LogP contribution in [-0.2, 0) is 4.79 Å². The molecule has 0 unspecified atom stereocenters. The van der Waals surface area contributed by atoms with Crippen LogP contribution >= 0.6 is 0 Å². The van der Waals surface area contributed by atoms with Crippen LogP contribution in [0.15, 0.2) is 73.4 Å². The minimum absolute atomic E-state index is 0.0231. The summed E-state index contributed by atoms with van der Waals surface area (Å²) in [6, 6.07) is 13.8. The van der Waals surface area contributed by atoms with Gasteiger partial charge in [-0.3, -0.25) is 24.8 Å². The molecule has 10 nitrogen and oxygen atoms in total. The zero-order chi connectivity index (χ0) is 26.9. The van der Waals surface area contributed by atoms with Gasteiger partial charge < -0.3 is 15.6 Å². The first-order valence-electron chi connectivity index (χ1n) is 13.4. The van der Waals surface area contributed by atoms with Gasteiger partial charge in [-0.2, -0.15) is 5.10 Å². The Bertz CT molecular complexity index is 1820. The summed E-state index contributed by atoms with van der Waals surface area (Å²) >= 11 is 0. The normalized spacial score (nSPS) is 14.1. The number of nitrogens with one attached hydrogen (secondary N) is 4. The van der Waals surface area contributed by atoms with Crippen LogP contribution in [0.2, 0.25) is 0 Å². The van der Waals surface area contributed by atoms with Gasteiger partial charge in [0.2, 0.25) is 5.91 Å². The molecule has 0 aliphatic carbocycles. The molecule has 0 spiro atoms. The van der Waals surface area contributed by atoms with E-state index in [0.717, 1.165) is 76.1 Å². The second-order valence-corrected chi connectivity index (χ2v) is 10.1. The lowest BCUT2D eigenvalue weighted by Crippen LogP contribution is -2.30. The monoisotopic (exact) mass is 529 g/mol. The molecule has 4 N–H and O–H groups in total. The number of amides is 1. The van der Waals surface area contributed by atoms with Gasteiger partial charge in [0.25, 0.3) is 0 Å². The fourth-order valence-corrected chi connectivity index (χ4v) is 5.38. The van der Waals surface area contributed by atoms with Crippen molar-refractivity contribution in [2.24, 2.45) is 5.92 Å². The number of anilines is 1. The summed E-state index contributed by atoms with van der Waals surface area (Å²) in [5.74, 6) is 0.443. The molecule has 0 saturated carbocycles. The number of hydrogen-bond donors (Lipinski definition) is 4. The third kappa shape index (κ3) is 4.69. The number of hydrogen-bond acceptors (Lipinski definition) is 7. The molecule has 40 heavy (non-hydrogen) atoms. The van der Waals surface area contributed by atoms with Crippen molar-refractivity contribution in [3.8, 4) is 33.9 Å². The lowest BCUT2D eigenvalue weighted by molar-refractivity contribution is -0.117. The van der Waals surface area contributed by atoms with Gasteiger partial charge >= 0.3 is 0 Å². The Labute approximate surface area is 229 Å². The average molecular weight is 530 g/mol. The molecule has 7 rings (SSSR count). The predicted molar refractivity (Wildman–Crippen MR) is 154 cm³/mol. The summed E-state index contributed by atoms with van der Waals surface area (Å²) < 4.78 is 0. The second kappa shape index (κ2) is 10.3.